The van der Waals surface area contributed by atoms with Gasteiger partial charge in [0, 0.05) is 30.9 Å². The van der Waals surface area contributed by atoms with Gasteiger partial charge in [-0.2, -0.15) is 0 Å². The fourth-order valence-corrected chi connectivity index (χ4v) is 3.24. The topological polar surface area (TPSA) is 42.4 Å². The predicted octanol–water partition coefficient (Wildman–Crippen LogP) is 2.33. The quantitative estimate of drug-likeness (QED) is 0.786. The Bertz CT molecular complexity index is 429. The van der Waals surface area contributed by atoms with Crippen molar-refractivity contribution in [2.45, 2.75) is 33.7 Å². The van der Waals surface area contributed by atoms with Crippen molar-refractivity contribution in [2.75, 3.05) is 19.7 Å². The van der Waals surface area contributed by atoms with E-state index >= 15 is 0 Å². The highest BCUT2D eigenvalue weighted by Crippen LogP contribution is 2.26. The van der Waals surface area contributed by atoms with Crippen molar-refractivity contribution in [1.82, 2.24) is 9.88 Å². The van der Waals surface area contributed by atoms with Crippen LogP contribution >= 0.6 is 11.3 Å². The molecule has 0 N–H and O–H groups in total. The summed E-state index contributed by atoms with van der Waals surface area (Å²) in [4.78, 5) is 19.7. The normalized spacial score (nSPS) is 15.8. The molecular weight excluding hydrogens is 248 g/mol. The zero-order chi connectivity index (χ0) is 13.1. The molecule has 1 aromatic rings. The Labute approximate surface area is 112 Å². The van der Waals surface area contributed by atoms with Crippen molar-refractivity contribution in [2.24, 2.45) is 5.92 Å². The second kappa shape index (κ2) is 5.80. The van der Waals surface area contributed by atoms with Gasteiger partial charge in [0.25, 0.3) is 0 Å². The van der Waals surface area contributed by atoms with Crippen LogP contribution in [0.25, 0.3) is 0 Å². The van der Waals surface area contributed by atoms with E-state index in [1.165, 1.54) is 16.2 Å². The molecule has 18 heavy (non-hydrogen) atoms. The van der Waals surface area contributed by atoms with Gasteiger partial charge in [0.05, 0.1) is 12.3 Å². The average Bonchev–Trinajstić information content (AvgIpc) is 2.71. The van der Waals surface area contributed by atoms with Gasteiger partial charge in [-0.25, -0.2) is 9.78 Å². The van der Waals surface area contributed by atoms with Gasteiger partial charge < -0.3 is 4.74 Å². The first-order valence-electron chi connectivity index (χ1n) is 6.48. The Morgan fingerprint density at radius 2 is 2.33 bits per heavy atom. The highest BCUT2D eigenvalue weighted by Gasteiger charge is 2.23. The predicted molar refractivity (Wildman–Crippen MR) is 71.9 cm³/mol. The maximum Gasteiger partial charge on any atom is 0.367 e. The minimum Gasteiger partial charge on any atom is -0.461 e. The van der Waals surface area contributed by atoms with Gasteiger partial charge in [-0.15, -0.1) is 11.3 Å². The van der Waals surface area contributed by atoms with Crippen LogP contribution in [0.3, 0.4) is 0 Å². The van der Waals surface area contributed by atoms with Crippen LogP contribution in [0, 0.1) is 5.92 Å². The molecule has 2 rings (SSSR count). The summed E-state index contributed by atoms with van der Waals surface area (Å²) < 4.78 is 4.99. The Kier molecular flexibility index (Phi) is 4.35. The molecule has 1 aliphatic rings. The fraction of sp³-hybridized carbons (Fsp3) is 0.692. The summed E-state index contributed by atoms with van der Waals surface area (Å²) in [5.74, 6) is 0.385. The highest BCUT2D eigenvalue weighted by molar-refractivity contribution is 7.13. The molecule has 5 heteroatoms. The molecule has 0 unspecified atom stereocenters. The van der Waals surface area contributed by atoms with Crippen molar-refractivity contribution in [1.29, 1.82) is 0 Å². The second-order valence-electron chi connectivity index (χ2n) is 4.99. The summed E-state index contributed by atoms with van der Waals surface area (Å²) in [6.07, 6.45) is 0.942. The standard InChI is InChI=1S/C13H20N2O2S/c1-4-17-13(16)12-14-10-5-6-15(7-9(2)3)8-11(10)18-12/h9H,4-8H2,1-3H3. The van der Waals surface area contributed by atoms with Crippen molar-refractivity contribution in [3.63, 3.8) is 0 Å². The van der Waals surface area contributed by atoms with E-state index in [0.29, 0.717) is 17.5 Å². The van der Waals surface area contributed by atoms with E-state index in [0.717, 1.165) is 31.7 Å². The number of hydrogen-bond acceptors (Lipinski definition) is 5. The number of carbonyl (C=O) groups excluding carboxylic acids is 1. The molecule has 4 nitrogen and oxygen atoms in total. The first-order chi connectivity index (χ1) is 8.60. The molecule has 0 bridgehead atoms. The van der Waals surface area contributed by atoms with Crippen LogP contribution < -0.4 is 0 Å². The number of thiazole rings is 1. The molecule has 2 heterocycles. The van der Waals surface area contributed by atoms with Gasteiger partial charge in [0.2, 0.25) is 5.01 Å². The van der Waals surface area contributed by atoms with Crippen LogP contribution in [-0.4, -0.2) is 35.5 Å². The summed E-state index contributed by atoms with van der Waals surface area (Å²) in [6, 6.07) is 0. The Morgan fingerprint density at radius 1 is 1.56 bits per heavy atom. The molecule has 0 atom stereocenters. The summed E-state index contributed by atoms with van der Waals surface area (Å²) in [6.45, 7) is 9.74. The molecule has 100 valence electrons. The molecule has 0 radical (unpaired) electrons. The molecular formula is C13H20N2O2S. The van der Waals surface area contributed by atoms with Crippen molar-refractivity contribution >= 4 is 17.3 Å². The molecule has 0 aromatic carbocycles. The second-order valence-corrected chi connectivity index (χ2v) is 6.07. The molecule has 0 aliphatic carbocycles. The van der Waals surface area contributed by atoms with Gasteiger partial charge >= 0.3 is 5.97 Å². The first-order valence-corrected chi connectivity index (χ1v) is 7.29. The lowest BCUT2D eigenvalue weighted by Gasteiger charge is -2.27. The summed E-state index contributed by atoms with van der Waals surface area (Å²) in [7, 11) is 0. The minimum absolute atomic E-state index is 0.285. The van der Waals surface area contributed by atoms with Crippen LogP contribution in [0.2, 0.25) is 0 Å². The van der Waals surface area contributed by atoms with E-state index in [1.54, 1.807) is 0 Å². The summed E-state index contributed by atoms with van der Waals surface area (Å²) >= 11 is 1.49. The SMILES string of the molecule is CCOC(=O)c1nc2c(s1)CN(CC(C)C)CC2. The van der Waals surface area contributed by atoms with Crippen LogP contribution in [0.5, 0.6) is 0 Å². The van der Waals surface area contributed by atoms with E-state index in [1.807, 2.05) is 6.92 Å². The van der Waals surface area contributed by atoms with Crippen LogP contribution in [-0.2, 0) is 17.7 Å². The lowest BCUT2D eigenvalue weighted by atomic mass is 10.1. The van der Waals surface area contributed by atoms with Crippen LogP contribution in [0.15, 0.2) is 0 Å². The maximum atomic E-state index is 11.6. The number of hydrogen-bond donors (Lipinski definition) is 0. The number of esters is 1. The monoisotopic (exact) mass is 268 g/mol. The number of nitrogens with zero attached hydrogens (tertiary/aromatic N) is 2. The lowest BCUT2D eigenvalue weighted by molar-refractivity contribution is 0.0525. The number of ether oxygens (including phenoxy) is 1. The first kappa shape index (κ1) is 13.5. The Balaban J connectivity index is 2.06. The van der Waals surface area contributed by atoms with Gasteiger partial charge in [0.1, 0.15) is 0 Å². The zero-order valence-electron chi connectivity index (χ0n) is 11.2. The zero-order valence-corrected chi connectivity index (χ0v) is 12.0. The average molecular weight is 268 g/mol. The third-order valence-electron chi connectivity index (χ3n) is 2.88. The van der Waals surface area contributed by atoms with Crippen LogP contribution in [0.4, 0.5) is 0 Å². The lowest BCUT2D eigenvalue weighted by Crippen LogP contribution is -2.32. The summed E-state index contributed by atoms with van der Waals surface area (Å²) in [5, 5.41) is 0.508. The molecule has 0 saturated heterocycles. The number of aromatic nitrogens is 1. The molecule has 1 aromatic heterocycles. The van der Waals surface area contributed by atoms with E-state index in [4.69, 9.17) is 4.74 Å². The van der Waals surface area contributed by atoms with Crippen molar-refractivity contribution in [3.8, 4) is 0 Å². The van der Waals surface area contributed by atoms with E-state index in [9.17, 15) is 4.79 Å². The number of carbonyl (C=O) groups is 1. The smallest absolute Gasteiger partial charge is 0.367 e. The van der Waals surface area contributed by atoms with Gasteiger partial charge in [-0.3, -0.25) is 4.90 Å². The van der Waals surface area contributed by atoms with Crippen LogP contribution in [0.1, 0.15) is 41.1 Å². The molecule has 1 aliphatic heterocycles. The van der Waals surface area contributed by atoms with E-state index in [2.05, 4.69) is 23.7 Å². The molecule has 0 saturated carbocycles. The van der Waals surface area contributed by atoms with Crippen molar-refractivity contribution < 1.29 is 9.53 Å². The summed E-state index contributed by atoms with van der Waals surface area (Å²) in [5.41, 5.74) is 1.09. The van der Waals surface area contributed by atoms with E-state index < -0.39 is 0 Å². The minimum atomic E-state index is -0.285. The van der Waals surface area contributed by atoms with Gasteiger partial charge in [0.15, 0.2) is 0 Å². The third-order valence-corrected chi connectivity index (χ3v) is 3.95. The molecule has 0 fully saturated rings. The number of rotatable bonds is 4. The molecule has 0 spiro atoms. The van der Waals surface area contributed by atoms with Gasteiger partial charge in [-0.1, -0.05) is 13.8 Å². The molecule has 0 amide bonds. The largest absolute Gasteiger partial charge is 0.461 e. The third kappa shape index (κ3) is 3.09. The van der Waals surface area contributed by atoms with Gasteiger partial charge in [-0.05, 0) is 12.8 Å². The highest BCUT2D eigenvalue weighted by atomic mass is 32.1. The number of fused-ring (bicyclic) bond motifs is 1. The fourth-order valence-electron chi connectivity index (χ4n) is 2.20. The van der Waals surface area contributed by atoms with Crippen molar-refractivity contribution in [3.05, 3.63) is 15.6 Å². The Hall–Kier alpha value is -0.940. The van der Waals surface area contributed by atoms with E-state index in [-0.39, 0.29) is 5.97 Å². The Morgan fingerprint density at radius 3 is 3.00 bits per heavy atom. The maximum absolute atomic E-state index is 11.6.